The van der Waals surface area contributed by atoms with Gasteiger partial charge in [-0.05, 0) is 37.1 Å². The van der Waals surface area contributed by atoms with Gasteiger partial charge in [0.25, 0.3) is 0 Å². The van der Waals surface area contributed by atoms with Crippen LogP contribution in [0.5, 0.6) is 0 Å². The standard InChI is InChI=1S/C11H9Cl2NS2/c1-6-3-4-8(5-7(6)2)14-11-9(12)10(13)15-16-11/h3-5H,1-2H3. The van der Waals surface area contributed by atoms with E-state index in [9.17, 15) is 0 Å². The van der Waals surface area contributed by atoms with Crippen LogP contribution in [0.3, 0.4) is 0 Å². The van der Waals surface area contributed by atoms with E-state index in [1.807, 2.05) is 12.1 Å². The van der Waals surface area contributed by atoms with Crippen molar-refractivity contribution in [1.82, 2.24) is 0 Å². The average Bonchev–Trinajstić information content (AvgIpc) is 2.55. The minimum atomic E-state index is 0.551. The molecule has 0 amide bonds. The number of halogens is 2. The van der Waals surface area contributed by atoms with E-state index >= 15 is 0 Å². The molecular formula is C11H9Cl2NS2. The molecule has 0 fully saturated rings. The molecule has 0 radical (unpaired) electrons. The summed E-state index contributed by atoms with van der Waals surface area (Å²) < 4.78 is 1.38. The largest absolute Gasteiger partial charge is 0.236 e. The Labute approximate surface area is 111 Å². The molecule has 2 rings (SSSR count). The highest BCUT2D eigenvalue weighted by Gasteiger charge is 2.03. The van der Waals surface area contributed by atoms with E-state index in [0.717, 1.165) is 10.4 Å². The van der Waals surface area contributed by atoms with Crippen molar-refractivity contribution in [2.45, 2.75) is 13.8 Å². The van der Waals surface area contributed by atoms with Gasteiger partial charge in [-0.3, -0.25) is 0 Å². The van der Waals surface area contributed by atoms with E-state index in [-0.39, 0.29) is 0 Å². The smallest absolute Gasteiger partial charge is 0.147 e. The molecule has 16 heavy (non-hydrogen) atoms. The van der Waals surface area contributed by atoms with Gasteiger partial charge in [0.05, 0.1) is 5.69 Å². The lowest BCUT2D eigenvalue weighted by Gasteiger charge is -1.99. The van der Waals surface area contributed by atoms with E-state index in [2.05, 4.69) is 24.9 Å². The van der Waals surface area contributed by atoms with Crippen molar-refractivity contribution in [2.24, 2.45) is 4.99 Å². The summed E-state index contributed by atoms with van der Waals surface area (Å²) in [6.45, 7) is 4.15. The first-order valence-corrected chi connectivity index (χ1v) is 7.54. The third kappa shape index (κ3) is 2.48. The van der Waals surface area contributed by atoms with Crippen LogP contribution in [0.25, 0.3) is 0 Å². The van der Waals surface area contributed by atoms with Crippen LogP contribution in [0, 0.1) is 13.8 Å². The molecule has 0 unspecified atom stereocenters. The topological polar surface area (TPSA) is 12.4 Å². The monoisotopic (exact) mass is 289 g/mol. The minimum Gasteiger partial charge on any atom is -0.236 e. The van der Waals surface area contributed by atoms with Crippen molar-refractivity contribution in [3.63, 3.8) is 0 Å². The molecule has 0 saturated carbocycles. The second-order valence-electron chi connectivity index (χ2n) is 3.44. The average molecular weight is 290 g/mol. The number of hydrogen-bond acceptors (Lipinski definition) is 3. The van der Waals surface area contributed by atoms with E-state index in [4.69, 9.17) is 23.2 Å². The predicted octanol–water partition coefficient (Wildman–Crippen LogP) is 4.97. The molecule has 1 heterocycles. The molecule has 0 bridgehead atoms. The Kier molecular flexibility index (Phi) is 3.70. The number of nitrogens with zero attached hydrogens (tertiary/aromatic N) is 1. The fraction of sp³-hybridized carbons (Fsp3) is 0.182. The number of hydrogen-bond donors (Lipinski definition) is 0. The van der Waals surface area contributed by atoms with E-state index in [1.54, 1.807) is 0 Å². The highest BCUT2D eigenvalue weighted by atomic mass is 35.5. The zero-order valence-electron chi connectivity index (χ0n) is 8.75. The van der Waals surface area contributed by atoms with Crippen LogP contribution in [0.2, 0.25) is 9.36 Å². The van der Waals surface area contributed by atoms with Crippen molar-refractivity contribution in [2.75, 3.05) is 0 Å². The highest BCUT2D eigenvalue weighted by molar-refractivity contribution is 7.69. The van der Waals surface area contributed by atoms with Crippen LogP contribution in [-0.2, 0) is 0 Å². The Bertz CT molecular complexity index is 584. The number of aryl methyl sites for hydroxylation is 2. The van der Waals surface area contributed by atoms with Gasteiger partial charge in [-0.1, -0.05) is 49.9 Å². The molecule has 1 aromatic heterocycles. The van der Waals surface area contributed by atoms with E-state index < -0.39 is 0 Å². The zero-order valence-corrected chi connectivity index (χ0v) is 11.9. The summed E-state index contributed by atoms with van der Waals surface area (Å²) >= 11 is 11.9. The summed E-state index contributed by atoms with van der Waals surface area (Å²) in [5.74, 6) is 0. The van der Waals surface area contributed by atoms with Crippen LogP contribution < -0.4 is 4.67 Å². The van der Waals surface area contributed by atoms with Crippen molar-refractivity contribution >= 4 is 49.6 Å². The molecule has 84 valence electrons. The van der Waals surface area contributed by atoms with Gasteiger partial charge in [-0.2, -0.15) is 0 Å². The second-order valence-corrected chi connectivity index (χ2v) is 6.55. The molecule has 0 aliphatic rings. The molecule has 2 aromatic rings. The summed E-state index contributed by atoms with van der Waals surface area (Å²) in [5, 5.41) is 0.551. The minimum absolute atomic E-state index is 0.551. The Morgan fingerprint density at radius 3 is 2.38 bits per heavy atom. The molecule has 1 aromatic carbocycles. The molecule has 5 heteroatoms. The molecule has 0 aliphatic heterocycles. The molecule has 0 saturated heterocycles. The van der Waals surface area contributed by atoms with Gasteiger partial charge in [-0.25, -0.2) is 4.99 Å². The van der Waals surface area contributed by atoms with Crippen LogP contribution in [0.1, 0.15) is 11.1 Å². The maximum atomic E-state index is 6.02. The fourth-order valence-corrected chi connectivity index (χ4v) is 3.96. The van der Waals surface area contributed by atoms with Gasteiger partial charge in [0.2, 0.25) is 0 Å². The third-order valence-electron chi connectivity index (χ3n) is 2.28. The van der Waals surface area contributed by atoms with Crippen LogP contribution >= 0.6 is 43.9 Å². The van der Waals surface area contributed by atoms with Crippen molar-refractivity contribution in [1.29, 1.82) is 0 Å². The normalized spacial score (nSPS) is 12.1. The lowest BCUT2D eigenvalue weighted by Crippen LogP contribution is -1.92. The lowest BCUT2D eigenvalue weighted by molar-refractivity contribution is 1.31. The molecule has 1 nitrogen and oxygen atoms in total. The Balaban J connectivity index is 2.51. The Hall–Kier alpha value is -0.350. The summed E-state index contributed by atoms with van der Waals surface area (Å²) in [7, 11) is 2.93. The Morgan fingerprint density at radius 1 is 1.06 bits per heavy atom. The number of rotatable bonds is 1. The second kappa shape index (κ2) is 4.88. The van der Waals surface area contributed by atoms with Gasteiger partial charge in [0.1, 0.15) is 14.0 Å². The highest BCUT2D eigenvalue weighted by Crippen LogP contribution is 2.27. The molecule has 0 atom stereocenters. The van der Waals surface area contributed by atoms with E-state index in [0.29, 0.717) is 9.36 Å². The number of benzene rings is 1. The maximum Gasteiger partial charge on any atom is 0.147 e. The quantitative estimate of drug-likeness (QED) is 0.658. The van der Waals surface area contributed by atoms with Gasteiger partial charge in [0, 0.05) is 0 Å². The SMILES string of the molecule is Cc1ccc(N=c2ssc(Cl)c2Cl)cc1C. The zero-order chi connectivity index (χ0) is 11.7. The van der Waals surface area contributed by atoms with Crippen LogP contribution in [-0.4, -0.2) is 0 Å². The molecule has 0 spiro atoms. The summed E-state index contributed by atoms with van der Waals surface area (Å²) in [4.78, 5) is 4.48. The summed E-state index contributed by atoms with van der Waals surface area (Å²) in [5.41, 5.74) is 3.40. The van der Waals surface area contributed by atoms with Gasteiger partial charge in [0.15, 0.2) is 0 Å². The van der Waals surface area contributed by atoms with Crippen molar-refractivity contribution < 1.29 is 0 Å². The molecule has 0 N–H and O–H groups in total. The van der Waals surface area contributed by atoms with Gasteiger partial charge < -0.3 is 0 Å². The van der Waals surface area contributed by atoms with Crippen molar-refractivity contribution in [3.05, 3.63) is 43.4 Å². The first kappa shape index (κ1) is 12.1. The lowest BCUT2D eigenvalue weighted by atomic mass is 10.1. The summed E-state index contributed by atoms with van der Waals surface area (Å²) in [6, 6.07) is 6.08. The summed E-state index contributed by atoms with van der Waals surface area (Å²) in [6.07, 6.45) is 0. The fourth-order valence-electron chi connectivity index (χ4n) is 1.21. The first-order valence-electron chi connectivity index (χ1n) is 4.64. The van der Waals surface area contributed by atoms with Crippen LogP contribution in [0.4, 0.5) is 5.69 Å². The molecule has 0 aliphatic carbocycles. The van der Waals surface area contributed by atoms with Gasteiger partial charge >= 0.3 is 0 Å². The molecular weight excluding hydrogens is 281 g/mol. The first-order chi connectivity index (χ1) is 7.58. The van der Waals surface area contributed by atoms with E-state index in [1.165, 1.54) is 31.8 Å². The van der Waals surface area contributed by atoms with Crippen LogP contribution in [0.15, 0.2) is 23.2 Å². The Morgan fingerprint density at radius 2 is 1.81 bits per heavy atom. The maximum absolute atomic E-state index is 6.02. The predicted molar refractivity (Wildman–Crippen MR) is 73.4 cm³/mol. The van der Waals surface area contributed by atoms with Crippen molar-refractivity contribution in [3.8, 4) is 0 Å². The third-order valence-corrected chi connectivity index (χ3v) is 5.77. The van der Waals surface area contributed by atoms with Gasteiger partial charge in [-0.15, -0.1) is 0 Å².